The zero-order valence-corrected chi connectivity index (χ0v) is 38.2. The lowest BCUT2D eigenvalue weighted by atomic mass is 9.82. The molecule has 7 heteroatoms. The van der Waals surface area contributed by atoms with Crippen LogP contribution in [0.5, 0.6) is 0 Å². The topological polar surface area (TPSA) is 78.8 Å². The molecule has 0 radical (unpaired) electrons. The molecule has 2 atom stereocenters. The van der Waals surface area contributed by atoms with E-state index in [0.717, 1.165) is 93.7 Å². The van der Waals surface area contributed by atoms with Crippen LogP contribution >= 0.6 is 22.6 Å². The van der Waals surface area contributed by atoms with E-state index in [0.29, 0.717) is 0 Å². The number of hydrogen-bond acceptors (Lipinski definition) is 5. The number of aliphatic imine (C=N–C) groups is 2. The van der Waals surface area contributed by atoms with Crippen molar-refractivity contribution in [3.05, 3.63) is 192 Å². The van der Waals surface area contributed by atoms with Crippen LogP contribution in [-0.4, -0.2) is 35.5 Å². The maximum atomic E-state index is 13.1. The van der Waals surface area contributed by atoms with Crippen molar-refractivity contribution >= 4 is 56.7 Å². The summed E-state index contributed by atoms with van der Waals surface area (Å²) in [4.78, 5) is 27.4. The predicted octanol–water partition coefficient (Wildman–Crippen LogP) is 10.5. The smallest absolute Gasteiger partial charge is 0.317 e. The Kier molecular flexibility index (Phi) is 13.0. The van der Waals surface area contributed by atoms with Gasteiger partial charge >= 0.3 is 5.97 Å². The molecule has 6 rings (SSSR count). The Morgan fingerprint density at radius 1 is 0.831 bits per heavy atom. The van der Waals surface area contributed by atoms with Gasteiger partial charge in [-0.05, 0) is 172 Å². The molecule has 4 aromatic rings. The average molecular weight is 895 g/mol. The Balaban J connectivity index is 1.66. The molecule has 0 amide bonds. The van der Waals surface area contributed by atoms with Gasteiger partial charge in [-0.2, -0.15) is 0 Å². The lowest BCUT2D eigenvalue weighted by molar-refractivity contribution is -0.150. The van der Waals surface area contributed by atoms with Crippen LogP contribution in [0.2, 0.25) is 0 Å². The highest BCUT2D eigenvalue weighted by atomic mass is 127. The van der Waals surface area contributed by atoms with E-state index in [1.54, 1.807) is 6.08 Å². The van der Waals surface area contributed by atoms with Crippen molar-refractivity contribution in [3.8, 4) is 0 Å². The Hall–Kier alpha value is -5.54. The molecular formula is C52H55IN4O2. The van der Waals surface area contributed by atoms with E-state index >= 15 is 0 Å². The van der Waals surface area contributed by atoms with E-state index in [1.165, 1.54) is 29.4 Å². The third kappa shape index (κ3) is 8.76. The number of aromatic nitrogens is 1. The van der Waals surface area contributed by atoms with Gasteiger partial charge in [0.15, 0.2) is 0 Å². The van der Waals surface area contributed by atoms with Crippen LogP contribution in [0.4, 0.5) is 0 Å². The maximum Gasteiger partial charge on any atom is 0.317 e. The minimum absolute atomic E-state index is 0.350. The van der Waals surface area contributed by atoms with Gasteiger partial charge in [-0.15, -0.1) is 6.58 Å². The number of carbonyl (C=O) groups excluding carboxylic acids is 1. The highest BCUT2D eigenvalue weighted by molar-refractivity contribution is 14.1. The Bertz CT molecular complexity index is 2650. The molecule has 59 heavy (non-hydrogen) atoms. The summed E-state index contributed by atoms with van der Waals surface area (Å²) in [5.74, 6) is -0.350. The number of nitrogens with one attached hydrogen (secondary N) is 2. The van der Waals surface area contributed by atoms with E-state index < -0.39 is 5.41 Å². The summed E-state index contributed by atoms with van der Waals surface area (Å²) in [5, 5.41) is 5.64. The van der Waals surface area contributed by atoms with Crippen molar-refractivity contribution in [1.29, 1.82) is 0 Å². The number of benzene rings is 3. The number of nitrogens with zero attached hydrogens (tertiary/aromatic N) is 2. The van der Waals surface area contributed by atoms with Crippen molar-refractivity contribution in [1.82, 2.24) is 10.3 Å². The first-order chi connectivity index (χ1) is 28.1. The molecule has 1 aromatic heterocycles. The number of methoxy groups -OCH3 is 1. The third-order valence-corrected chi connectivity index (χ3v) is 12.0. The second-order valence-electron chi connectivity index (χ2n) is 15.9. The zero-order valence-electron chi connectivity index (χ0n) is 36.0. The first kappa shape index (κ1) is 43.0. The van der Waals surface area contributed by atoms with Gasteiger partial charge in [-0.3, -0.25) is 4.79 Å². The quantitative estimate of drug-likeness (QED) is 0.0845. The molecule has 2 aliphatic heterocycles. The summed E-state index contributed by atoms with van der Waals surface area (Å²) in [6.45, 7) is 27.0. The number of rotatable bonds is 12. The van der Waals surface area contributed by atoms with Gasteiger partial charge in [0.25, 0.3) is 0 Å². The SMILES string of the molecule is C=CC(C)(C(=O)OC)C(C)NC(=C\CC)/C(=C1/C=CC(C(c2ccc(I)cc2)=c2cc/c(=C(/C3=NC(=C)C=C3)c3c(C)cc(C)cc3C)[nH]2)=N1)c1c(C)cc(C)cc1C. The summed E-state index contributed by atoms with van der Waals surface area (Å²) < 4.78 is 6.40. The number of carbonyl (C=O) groups is 1. The molecule has 0 spiro atoms. The maximum absolute atomic E-state index is 13.1. The molecule has 6 nitrogen and oxygen atoms in total. The normalized spacial score (nSPS) is 17.3. The zero-order chi connectivity index (χ0) is 42.8. The van der Waals surface area contributed by atoms with Crippen molar-refractivity contribution in [2.24, 2.45) is 15.4 Å². The Labute approximate surface area is 363 Å². The van der Waals surface area contributed by atoms with Gasteiger partial charge < -0.3 is 15.0 Å². The summed E-state index contributed by atoms with van der Waals surface area (Å²) in [6, 6.07) is 21.4. The third-order valence-electron chi connectivity index (χ3n) is 11.3. The van der Waals surface area contributed by atoms with Crippen LogP contribution in [0, 0.1) is 50.5 Å². The highest BCUT2D eigenvalue weighted by Gasteiger charge is 2.38. The number of hydrogen-bond donors (Lipinski definition) is 2. The molecule has 2 unspecified atom stereocenters. The van der Waals surface area contributed by atoms with Crippen LogP contribution in [0.15, 0.2) is 137 Å². The van der Waals surface area contributed by atoms with Crippen LogP contribution in [0.3, 0.4) is 0 Å². The van der Waals surface area contributed by atoms with Crippen LogP contribution < -0.4 is 16.0 Å². The highest BCUT2D eigenvalue weighted by Crippen LogP contribution is 2.37. The monoisotopic (exact) mass is 894 g/mol. The molecule has 3 heterocycles. The van der Waals surface area contributed by atoms with E-state index in [-0.39, 0.29) is 12.0 Å². The largest absolute Gasteiger partial charge is 0.468 e. The number of H-pyrrole nitrogens is 1. The molecule has 2 N–H and O–H groups in total. The molecule has 0 saturated carbocycles. The fraction of sp³-hybridized carbons (Fsp3) is 0.250. The van der Waals surface area contributed by atoms with Crippen LogP contribution in [0.25, 0.3) is 16.7 Å². The lowest BCUT2D eigenvalue weighted by Gasteiger charge is -2.33. The van der Waals surface area contributed by atoms with Gasteiger partial charge in [-0.25, -0.2) is 9.98 Å². The second kappa shape index (κ2) is 17.8. The molecule has 0 aliphatic carbocycles. The Morgan fingerprint density at radius 2 is 1.37 bits per heavy atom. The van der Waals surface area contributed by atoms with Crippen LogP contribution in [0.1, 0.15) is 77.3 Å². The van der Waals surface area contributed by atoms with Crippen molar-refractivity contribution in [3.63, 3.8) is 0 Å². The average Bonchev–Trinajstić information content (AvgIpc) is 3.97. The number of esters is 1. The molecule has 3 aromatic carbocycles. The van der Waals surface area contributed by atoms with Gasteiger partial charge in [0.05, 0.1) is 29.9 Å². The molecule has 2 aliphatic rings. The number of halogens is 1. The first-order valence-corrected chi connectivity index (χ1v) is 21.2. The summed E-state index contributed by atoms with van der Waals surface area (Å²) in [6.07, 6.45) is 12.9. The first-order valence-electron chi connectivity index (χ1n) is 20.1. The second-order valence-corrected chi connectivity index (χ2v) is 17.1. The molecule has 0 saturated heterocycles. The Morgan fingerprint density at radius 3 is 1.90 bits per heavy atom. The number of ether oxygens (including phenoxy) is 1. The van der Waals surface area contributed by atoms with Gasteiger partial charge in [-0.1, -0.05) is 73.2 Å². The standard InChI is InChI=1S/C52H55IN4O2/c1-13-15-40(55-37(10)52(11,14-2)51(58)59-12)49(46-32(5)26-30(3)27-33(46)6)44-24-22-41(56-44)48(38-17-19-39(53)20-18-38)42-23-25-45(57-42)50(43-21-16-36(9)54-43)47-34(7)28-31(4)29-35(47)8/h14-29,37,55,57H,2,9,13H2,1,3-8,10-12H3/b40-15-,48-42?,49-44+,50-45+. The van der Waals surface area contributed by atoms with Crippen molar-refractivity contribution in [2.75, 3.05) is 7.11 Å². The van der Waals surface area contributed by atoms with Crippen molar-refractivity contribution in [2.45, 2.75) is 74.8 Å². The van der Waals surface area contributed by atoms with E-state index in [9.17, 15) is 4.79 Å². The van der Waals surface area contributed by atoms with Gasteiger partial charge in [0.2, 0.25) is 0 Å². The number of allylic oxidation sites excluding steroid dienone is 6. The van der Waals surface area contributed by atoms with Gasteiger partial charge in [0.1, 0.15) is 5.41 Å². The van der Waals surface area contributed by atoms with Gasteiger partial charge in [0, 0.05) is 42.7 Å². The molecule has 0 bridgehead atoms. The summed E-state index contributed by atoms with van der Waals surface area (Å²) in [7, 11) is 1.42. The van der Waals surface area contributed by atoms with E-state index in [2.05, 4.69) is 179 Å². The fourth-order valence-corrected chi connectivity index (χ4v) is 8.72. The predicted molar refractivity (Wildman–Crippen MR) is 256 cm³/mol. The fourth-order valence-electron chi connectivity index (χ4n) is 8.36. The van der Waals surface area contributed by atoms with E-state index in [1.807, 2.05) is 19.9 Å². The molecule has 302 valence electrons. The summed E-state index contributed by atoms with van der Waals surface area (Å²) in [5.41, 5.74) is 16.6. The van der Waals surface area contributed by atoms with Crippen molar-refractivity contribution < 1.29 is 9.53 Å². The number of aryl methyl sites for hydroxylation is 6. The van der Waals surface area contributed by atoms with Crippen LogP contribution in [-0.2, 0) is 9.53 Å². The number of aromatic amines is 1. The summed E-state index contributed by atoms with van der Waals surface area (Å²) >= 11 is 2.35. The van der Waals surface area contributed by atoms with E-state index in [4.69, 9.17) is 14.7 Å². The molecule has 0 fully saturated rings. The minimum Gasteiger partial charge on any atom is -0.468 e. The minimum atomic E-state index is -0.982. The molecular weight excluding hydrogens is 840 g/mol. The lowest BCUT2D eigenvalue weighted by Crippen LogP contribution is -2.45.